The maximum atomic E-state index is 11.4. The number of phenolic OH excluding ortho intramolecular Hbond substituents is 1. The summed E-state index contributed by atoms with van der Waals surface area (Å²) >= 11 is 0. The number of aromatic hydroxyl groups is 1. The first-order chi connectivity index (χ1) is 29.4. The van der Waals surface area contributed by atoms with Crippen LogP contribution in [0, 0.1) is 6.07 Å². The number of furan rings is 1. The van der Waals surface area contributed by atoms with E-state index < -0.39 is 0 Å². The molecule has 61 heavy (non-hydrogen) atoms. The van der Waals surface area contributed by atoms with Crippen LogP contribution in [0.4, 0.5) is 0 Å². The standard InChI is InChI=1S/C55H38N3O2.Pt/c1-55(2,39-19-7-4-8-20-39)40-33-37(32-38(34-40)51-53-45(30-31-56-51)50-42-22-10-9-18-36(42)28-29-49(50)60-53)43-24-15-26-47-52(43)57-54(44-23-12-14-27-48(44)59)58(47)46-25-13-11-21-41(46)35-16-5-3-6-17-35;/h3-31,33-34,59H,1-2H3;/q-1;. The molecule has 0 amide bonds. The van der Waals surface area contributed by atoms with Crippen LogP contribution >= 0.6 is 0 Å². The number of para-hydroxylation sites is 3. The largest absolute Gasteiger partial charge is 0.507 e. The molecule has 0 aliphatic heterocycles. The normalized spacial score (nSPS) is 11.7. The third-order valence-corrected chi connectivity index (χ3v) is 12.0. The molecule has 0 fully saturated rings. The smallest absolute Gasteiger partial charge is 0.148 e. The van der Waals surface area contributed by atoms with Crippen LogP contribution in [0.25, 0.3) is 94.3 Å². The van der Waals surface area contributed by atoms with Crippen molar-refractivity contribution in [1.82, 2.24) is 14.5 Å². The number of imidazole rings is 1. The Morgan fingerprint density at radius 3 is 2.11 bits per heavy atom. The number of rotatable bonds is 7. The van der Waals surface area contributed by atoms with Crippen LogP contribution in [0.1, 0.15) is 25.0 Å². The maximum Gasteiger partial charge on any atom is 0.148 e. The first kappa shape index (κ1) is 38.2. The van der Waals surface area contributed by atoms with Crippen LogP contribution in [0.15, 0.2) is 193 Å². The average Bonchev–Trinajstić information content (AvgIpc) is 3.89. The van der Waals surface area contributed by atoms with Crippen LogP contribution in [-0.2, 0) is 26.5 Å². The van der Waals surface area contributed by atoms with Gasteiger partial charge in [0.25, 0.3) is 0 Å². The minimum Gasteiger partial charge on any atom is -0.507 e. The van der Waals surface area contributed by atoms with E-state index in [1.54, 1.807) is 6.07 Å². The summed E-state index contributed by atoms with van der Waals surface area (Å²) in [6.07, 6.45) is 1.88. The van der Waals surface area contributed by atoms with Gasteiger partial charge in [-0.3, -0.25) is 9.55 Å². The van der Waals surface area contributed by atoms with Crippen molar-refractivity contribution in [2.24, 2.45) is 0 Å². The Hall–Kier alpha value is -7.07. The van der Waals surface area contributed by atoms with E-state index in [0.29, 0.717) is 11.4 Å². The monoisotopic (exact) mass is 967 g/mol. The van der Waals surface area contributed by atoms with Crippen LogP contribution in [0.5, 0.6) is 5.75 Å². The van der Waals surface area contributed by atoms with Gasteiger partial charge in [0.15, 0.2) is 0 Å². The molecule has 0 saturated carbocycles. The maximum absolute atomic E-state index is 11.4. The number of phenols is 1. The zero-order valence-electron chi connectivity index (χ0n) is 33.4. The van der Waals surface area contributed by atoms with Gasteiger partial charge < -0.3 is 9.52 Å². The van der Waals surface area contributed by atoms with Crippen molar-refractivity contribution in [2.75, 3.05) is 0 Å². The molecule has 296 valence electrons. The van der Waals surface area contributed by atoms with Gasteiger partial charge in [-0.2, -0.15) is 0 Å². The van der Waals surface area contributed by atoms with Crippen molar-refractivity contribution >= 4 is 43.7 Å². The summed E-state index contributed by atoms with van der Waals surface area (Å²) < 4.78 is 8.90. The summed E-state index contributed by atoms with van der Waals surface area (Å²) in [5, 5.41) is 15.7. The number of aromatic nitrogens is 3. The molecule has 5 nitrogen and oxygen atoms in total. The van der Waals surface area contributed by atoms with Gasteiger partial charge in [-0.15, -0.1) is 29.3 Å². The minimum absolute atomic E-state index is 0. The van der Waals surface area contributed by atoms with Gasteiger partial charge in [-0.25, -0.2) is 4.98 Å². The van der Waals surface area contributed by atoms with E-state index >= 15 is 0 Å². The quantitative estimate of drug-likeness (QED) is 0.162. The SMILES string of the molecule is CC(C)(c1ccccc1)c1cc(-c2cccc3c2nc(-c2ccccc2O)n3-c2ccccc2-c2ccccc2)[c-]c(-c2nccc3c2oc2ccc4ccccc4c23)c1.[Pt]. The number of hydrogen-bond acceptors (Lipinski definition) is 4. The second-order valence-electron chi connectivity index (χ2n) is 15.8. The summed E-state index contributed by atoms with van der Waals surface area (Å²) in [7, 11) is 0. The van der Waals surface area contributed by atoms with Crippen LogP contribution < -0.4 is 0 Å². The molecule has 0 unspecified atom stereocenters. The molecule has 0 aliphatic carbocycles. The molecule has 8 aromatic carbocycles. The molecule has 0 bridgehead atoms. The fraction of sp³-hybridized carbons (Fsp3) is 0.0545. The Morgan fingerprint density at radius 2 is 1.30 bits per heavy atom. The van der Waals surface area contributed by atoms with Crippen molar-refractivity contribution in [3.63, 3.8) is 0 Å². The molecule has 6 heteroatoms. The van der Waals surface area contributed by atoms with E-state index in [9.17, 15) is 5.11 Å². The summed E-state index contributed by atoms with van der Waals surface area (Å²) in [4.78, 5) is 10.5. The number of hydrogen-bond donors (Lipinski definition) is 1. The van der Waals surface area contributed by atoms with Crippen molar-refractivity contribution in [3.05, 3.63) is 205 Å². The first-order valence-corrected chi connectivity index (χ1v) is 20.2. The predicted molar refractivity (Wildman–Crippen MR) is 244 cm³/mol. The number of nitrogens with zero attached hydrogens (tertiary/aromatic N) is 3. The summed E-state index contributed by atoms with van der Waals surface area (Å²) in [5.41, 5.74) is 12.2. The molecule has 0 radical (unpaired) electrons. The van der Waals surface area contributed by atoms with E-state index in [2.05, 4.69) is 176 Å². The van der Waals surface area contributed by atoms with E-state index in [-0.39, 0.29) is 32.2 Å². The second kappa shape index (κ2) is 15.2. The van der Waals surface area contributed by atoms with Gasteiger partial charge >= 0.3 is 0 Å². The minimum atomic E-state index is -0.388. The Labute approximate surface area is 367 Å². The topological polar surface area (TPSA) is 64.1 Å². The van der Waals surface area contributed by atoms with Crippen molar-refractivity contribution in [1.29, 1.82) is 0 Å². The fourth-order valence-corrected chi connectivity index (χ4v) is 8.82. The number of fused-ring (bicyclic) bond motifs is 6. The Kier molecular flexibility index (Phi) is 9.50. The van der Waals surface area contributed by atoms with E-state index in [4.69, 9.17) is 14.4 Å². The molecule has 0 aliphatic rings. The molecule has 0 atom stereocenters. The third-order valence-electron chi connectivity index (χ3n) is 12.0. The van der Waals surface area contributed by atoms with Crippen LogP contribution in [0.3, 0.4) is 0 Å². The predicted octanol–water partition coefficient (Wildman–Crippen LogP) is 14.0. The van der Waals surface area contributed by atoms with E-state index in [0.717, 1.165) is 88.5 Å². The molecular formula is C55H38N3O2Pt-. The second-order valence-corrected chi connectivity index (χ2v) is 15.8. The summed E-state index contributed by atoms with van der Waals surface area (Å²) in [6, 6.07) is 66.1. The Balaban J connectivity index is 0.00000445. The van der Waals surface area contributed by atoms with Gasteiger partial charge in [0.05, 0.1) is 22.3 Å². The molecule has 11 aromatic rings. The zero-order valence-corrected chi connectivity index (χ0v) is 35.7. The Morgan fingerprint density at radius 1 is 0.607 bits per heavy atom. The van der Waals surface area contributed by atoms with Gasteiger partial charge in [-0.05, 0) is 58.3 Å². The number of pyridine rings is 1. The summed E-state index contributed by atoms with van der Waals surface area (Å²) in [6.45, 7) is 4.53. The fourth-order valence-electron chi connectivity index (χ4n) is 8.82. The van der Waals surface area contributed by atoms with E-state index in [1.807, 2.05) is 30.5 Å². The van der Waals surface area contributed by atoms with Crippen molar-refractivity contribution in [3.8, 4) is 56.3 Å². The van der Waals surface area contributed by atoms with E-state index in [1.165, 1.54) is 5.56 Å². The molecule has 1 N–H and O–H groups in total. The third kappa shape index (κ3) is 6.36. The molecular weight excluding hydrogens is 930 g/mol. The summed E-state index contributed by atoms with van der Waals surface area (Å²) in [5.74, 6) is 0.798. The van der Waals surface area contributed by atoms with Gasteiger partial charge in [0.1, 0.15) is 22.7 Å². The van der Waals surface area contributed by atoms with Gasteiger partial charge in [0.2, 0.25) is 0 Å². The zero-order chi connectivity index (χ0) is 40.4. The number of benzene rings is 8. The Bertz CT molecular complexity index is 3420. The van der Waals surface area contributed by atoms with Crippen molar-refractivity contribution < 1.29 is 30.6 Å². The van der Waals surface area contributed by atoms with Crippen LogP contribution in [0.2, 0.25) is 0 Å². The van der Waals surface area contributed by atoms with Crippen molar-refractivity contribution in [2.45, 2.75) is 19.3 Å². The molecule has 3 aromatic heterocycles. The molecule has 0 spiro atoms. The average molecular weight is 968 g/mol. The first-order valence-electron chi connectivity index (χ1n) is 20.2. The molecule has 3 heterocycles. The molecule has 0 saturated heterocycles. The van der Waals surface area contributed by atoms with Gasteiger partial charge in [0, 0.05) is 54.7 Å². The van der Waals surface area contributed by atoms with Crippen LogP contribution in [-0.4, -0.2) is 19.6 Å². The molecule has 11 rings (SSSR count). The van der Waals surface area contributed by atoms with Gasteiger partial charge in [-0.1, -0.05) is 158 Å².